The molecule has 0 aromatic heterocycles. The van der Waals surface area contributed by atoms with Gasteiger partial charge in [-0.3, -0.25) is 0 Å². The second kappa shape index (κ2) is 4.96. The van der Waals surface area contributed by atoms with E-state index >= 15 is 0 Å². The van der Waals surface area contributed by atoms with Crippen LogP contribution in [0.1, 0.15) is 35.1 Å². The van der Waals surface area contributed by atoms with Gasteiger partial charge < -0.3 is 5.11 Å². The van der Waals surface area contributed by atoms with Crippen molar-refractivity contribution in [2.75, 3.05) is 0 Å². The van der Waals surface area contributed by atoms with E-state index in [4.69, 9.17) is 5.26 Å². The maximum atomic E-state index is 11.3. The number of rotatable bonds is 2. The predicted molar refractivity (Wildman–Crippen MR) is 79.7 cm³/mol. The van der Waals surface area contributed by atoms with Crippen molar-refractivity contribution in [3.8, 4) is 6.07 Å². The molecule has 1 aliphatic carbocycles. The van der Waals surface area contributed by atoms with Crippen molar-refractivity contribution in [1.29, 1.82) is 5.26 Å². The van der Waals surface area contributed by atoms with Crippen molar-refractivity contribution in [2.24, 2.45) is 0 Å². The van der Waals surface area contributed by atoms with Gasteiger partial charge in [0, 0.05) is 6.42 Å². The Morgan fingerprint density at radius 2 is 1.40 bits per heavy atom. The van der Waals surface area contributed by atoms with Crippen LogP contribution in [-0.4, -0.2) is 5.11 Å². The molecule has 0 amide bonds. The van der Waals surface area contributed by atoms with Crippen LogP contribution in [0.15, 0.2) is 48.5 Å². The third-order valence-electron chi connectivity index (χ3n) is 3.85. The molecule has 0 unspecified atom stereocenters. The first kappa shape index (κ1) is 12.7. The summed E-state index contributed by atoms with van der Waals surface area (Å²) in [6.07, 6.45) is 4.77. The number of hydrogen-bond donors (Lipinski definition) is 1. The molecular formula is C18H15NO. The molecule has 0 fully saturated rings. The van der Waals surface area contributed by atoms with Crippen LogP contribution in [0.5, 0.6) is 0 Å². The average molecular weight is 261 g/mol. The molecule has 2 nitrogen and oxygen atoms in total. The standard InChI is InChI=1S/C18H15NO/c19-13-5-12-18(20)16-8-3-1-6-14(16)10-11-15-7-2-4-9-17(15)18/h1-4,6-11,20H,5,12H2. The highest BCUT2D eigenvalue weighted by atomic mass is 16.3. The van der Waals surface area contributed by atoms with E-state index < -0.39 is 5.60 Å². The van der Waals surface area contributed by atoms with E-state index in [0.29, 0.717) is 12.8 Å². The molecular weight excluding hydrogens is 246 g/mol. The van der Waals surface area contributed by atoms with Gasteiger partial charge in [0.15, 0.2) is 0 Å². The van der Waals surface area contributed by atoms with Crippen LogP contribution in [0.2, 0.25) is 0 Å². The summed E-state index contributed by atoms with van der Waals surface area (Å²) in [6, 6.07) is 17.8. The maximum Gasteiger partial charge on any atom is 0.117 e. The zero-order chi connectivity index (χ0) is 14.0. The molecule has 2 aromatic carbocycles. The van der Waals surface area contributed by atoms with Gasteiger partial charge in [0.25, 0.3) is 0 Å². The highest BCUT2D eigenvalue weighted by Crippen LogP contribution is 2.40. The fourth-order valence-corrected chi connectivity index (χ4v) is 2.87. The molecule has 0 radical (unpaired) electrons. The molecule has 0 bridgehead atoms. The molecule has 20 heavy (non-hydrogen) atoms. The van der Waals surface area contributed by atoms with Gasteiger partial charge in [-0.1, -0.05) is 60.7 Å². The first-order chi connectivity index (χ1) is 9.75. The Morgan fingerprint density at radius 3 is 1.90 bits per heavy atom. The van der Waals surface area contributed by atoms with Gasteiger partial charge in [-0.2, -0.15) is 5.26 Å². The van der Waals surface area contributed by atoms with Gasteiger partial charge in [-0.25, -0.2) is 0 Å². The van der Waals surface area contributed by atoms with E-state index in [0.717, 1.165) is 22.3 Å². The molecule has 1 aliphatic rings. The molecule has 0 saturated carbocycles. The second-order valence-corrected chi connectivity index (χ2v) is 5.03. The van der Waals surface area contributed by atoms with E-state index in [1.54, 1.807) is 0 Å². The average Bonchev–Trinajstić information content (AvgIpc) is 2.62. The summed E-state index contributed by atoms with van der Waals surface area (Å²) in [6.45, 7) is 0. The number of aliphatic hydroxyl groups is 1. The summed E-state index contributed by atoms with van der Waals surface area (Å²) >= 11 is 0. The lowest BCUT2D eigenvalue weighted by atomic mass is 9.80. The smallest absolute Gasteiger partial charge is 0.117 e. The van der Waals surface area contributed by atoms with Crippen LogP contribution in [0.4, 0.5) is 0 Å². The topological polar surface area (TPSA) is 44.0 Å². The van der Waals surface area contributed by atoms with Crippen LogP contribution in [-0.2, 0) is 5.60 Å². The summed E-state index contributed by atoms with van der Waals surface area (Å²) in [5, 5.41) is 20.2. The lowest BCUT2D eigenvalue weighted by Crippen LogP contribution is -2.28. The Labute approximate surface area is 118 Å². The van der Waals surface area contributed by atoms with E-state index in [9.17, 15) is 5.11 Å². The number of benzene rings is 2. The molecule has 98 valence electrons. The van der Waals surface area contributed by atoms with Gasteiger partial charge in [0.2, 0.25) is 0 Å². The first-order valence-electron chi connectivity index (χ1n) is 6.72. The highest BCUT2D eigenvalue weighted by molar-refractivity contribution is 5.77. The number of fused-ring (bicyclic) bond motifs is 2. The Morgan fingerprint density at radius 1 is 0.900 bits per heavy atom. The zero-order valence-corrected chi connectivity index (χ0v) is 11.1. The van der Waals surface area contributed by atoms with Crippen LogP contribution in [0.3, 0.4) is 0 Å². The van der Waals surface area contributed by atoms with Crippen molar-refractivity contribution in [3.05, 3.63) is 70.8 Å². The van der Waals surface area contributed by atoms with Crippen molar-refractivity contribution >= 4 is 12.2 Å². The SMILES string of the molecule is N#CCCC1(O)c2ccccc2C=Cc2ccccc21. The summed E-state index contributed by atoms with van der Waals surface area (Å²) in [7, 11) is 0. The fourth-order valence-electron chi connectivity index (χ4n) is 2.87. The fraction of sp³-hybridized carbons (Fsp3) is 0.167. The Balaban J connectivity index is 2.26. The normalized spacial score (nSPS) is 14.8. The van der Waals surface area contributed by atoms with Gasteiger partial charge >= 0.3 is 0 Å². The molecule has 1 N–H and O–H groups in total. The molecule has 2 heteroatoms. The monoisotopic (exact) mass is 261 g/mol. The van der Waals surface area contributed by atoms with Gasteiger partial charge in [-0.05, 0) is 28.7 Å². The molecule has 0 heterocycles. The third kappa shape index (κ3) is 1.93. The van der Waals surface area contributed by atoms with Crippen molar-refractivity contribution < 1.29 is 5.11 Å². The summed E-state index contributed by atoms with van der Waals surface area (Å²) in [5.74, 6) is 0. The van der Waals surface area contributed by atoms with Crippen molar-refractivity contribution in [1.82, 2.24) is 0 Å². The molecule has 0 atom stereocenters. The van der Waals surface area contributed by atoms with E-state index in [1.165, 1.54) is 0 Å². The molecule has 2 aromatic rings. The van der Waals surface area contributed by atoms with Gasteiger partial charge in [0.05, 0.1) is 6.07 Å². The van der Waals surface area contributed by atoms with Crippen LogP contribution < -0.4 is 0 Å². The van der Waals surface area contributed by atoms with Crippen LogP contribution in [0.25, 0.3) is 12.2 Å². The van der Waals surface area contributed by atoms with Crippen molar-refractivity contribution in [2.45, 2.75) is 18.4 Å². The Bertz CT molecular complexity index is 660. The van der Waals surface area contributed by atoms with E-state index in [2.05, 4.69) is 6.07 Å². The predicted octanol–water partition coefficient (Wildman–Crippen LogP) is 3.71. The van der Waals surface area contributed by atoms with Crippen LogP contribution in [0, 0.1) is 11.3 Å². The maximum absolute atomic E-state index is 11.3. The first-order valence-corrected chi connectivity index (χ1v) is 6.72. The minimum absolute atomic E-state index is 0.319. The second-order valence-electron chi connectivity index (χ2n) is 5.03. The molecule has 3 rings (SSSR count). The Kier molecular flexibility index (Phi) is 3.14. The molecule has 0 aliphatic heterocycles. The minimum Gasteiger partial charge on any atom is -0.380 e. The number of hydrogen-bond acceptors (Lipinski definition) is 2. The summed E-state index contributed by atoms with van der Waals surface area (Å²) < 4.78 is 0. The summed E-state index contributed by atoms with van der Waals surface area (Å²) in [5.41, 5.74) is 2.65. The quantitative estimate of drug-likeness (QED) is 0.895. The lowest BCUT2D eigenvalue weighted by Gasteiger charge is -2.30. The third-order valence-corrected chi connectivity index (χ3v) is 3.85. The van der Waals surface area contributed by atoms with Gasteiger partial charge in [-0.15, -0.1) is 0 Å². The highest BCUT2D eigenvalue weighted by Gasteiger charge is 2.35. The molecule has 0 spiro atoms. The minimum atomic E-state index is -1.10. The van der Waals surface area contributed by atoms with E-state index in [1.807, 2.05) is 60.7 Å². The van der Waals surface area contributed by atoms with Crippen LogP contribution >= 0.6 is 0 Å². The number of nitrogens with zero attached hydrogens (tertiary/aromatic N) is 1. The lowest BCUT2D eigenvalue weighted by molar-refractivity contribution is 0.0724. The zero-order valence-electron chi connectivity index (χ0n) is 11.1. The molecule has 0 saturated heterocycles. The largest absolute Gasteiger partial charge is 0.380 e. The van der Waals surface area contributed by atoms with Crippen molar-refractivity contribution in [3.63, 3.8) is 0 Å². The van der Waals surface area contributed by atoms with Gasteiger partial charge in [0.1, 0.15) is 5.60 Å². The summed E-state index contributed by atoms with van der Waals surface area (Å²) in [4.78, 5) is 0. The Hall–Kier alpha value is -2.37. The van der Waals surface area contributed by atoms with E-state index in [-0.39, 0.29) is 0 Å². The number of nitriles is 1.